The van der Waals surface area contributed by atoms with Crippen LogP contribution in [0.5, 0.6) is 0 Å². The fourth-order valence-corrected chi connectivity index (χ4v) is 5.33. The monoisotopic (exact) mass is 387 g/mol. The van der Waals surface area contributed by atoms with Crippen molar-refractivity contribution in [2.75, 3.05) is 40.1 Å². The van der Waals surface area contributed by atoms with Crippen molar-refractivity contribution in [2.24, 2.45) is 0 Å². The van der Waals surface area contributed by atoms with E-state index in [9.17, 15) is 8.42 Å². The first-order valence-electron chi connectivity index (χ1n) is 9.49. The van der Waals surface area contributed by atoms with Crippen LogP contribution in [0, 0.1) is 0 Å². The van der Waals surface area contributed by atoms with Gasteiger partial charge < -0.3 is 15.5 Å². The van der Waals surface area contributed by atoms with Crippen molar-refractivity contribution in [3.8, 4) is 0 Å². The average molecular weight is 388 g/mol. The van der Waals surface area contributed by atoms with Crippen LogP contribution in [0.25, 0.3) is 0 Å². The fraction of sp³-hybridized carbons (Fsp3) is 0.474. The van der Waals surface area contributed by atoms with E-state index in [4.69, 9.17) is 0 Å². The van der Waals surface area contributed by atoms with Gasteiger partial charge in [0, 0.05) is 36.7 Å². The Labute approximate surface area is 160 Å². The van der Waals surface area contributed by atoms with E-state index in [2.05, 4.69) is 37.6 Å². The molecule has 3 heterocycles. The lowest BCUT2D eigenvalue weighted by Gasteiger charge is -2.28. The molecule has 0 saturated carbocycles. The van der Waals surface area contributed by atoms with Crippen LogP contribution in [0.2, 0.25) is 0 Å². The Morgan fingerprint density at radius 2 is 1.81 bits per heavy atom. The van der Waals surface area contributed by atoms with Gasteiger partial charge in [-0.05, 0) is 56.0 Å². The van der Waals surface area contributed by atoms with Crippen LogP contribution in [-0.2, 0) is 9.84 Å². The van der Waals surface area contributed by atoms with Gasteiger partial charge in [-0.2, -0.15) is 4.98 Å². The molecular formula is C19H25N5O2S. The zero-order valence-electron chi connectivity index (χ0n) is 15.3. The van der Waals surface area contributed by atoms with E-state index in [0.717, 1.165) is 18.8 Å². The molecule has 27 heavy (non-hydrogen) atoms. The smallest absolute Gasteiger partial charge is 0.229 e. The van der Waals surface area contributed by atoms with Crippen LogP contribution in [0.1, 0.15) is 25.7 Å². The van der Waals surface area contributed by atoms with Crippen LogP contribution in [0.4, 0.5) is 23.1 Å². The first kappa shape index (κ1) is 18.0. The Morgan fingerprint density at radius 1 is 1.04 bits per heavy atom. The van der Waals surface area contributed by atoms with Crippen molar-refractivity contribution in [3.05, 3.63) is 36.5 Å². The summed E-state index contributed by atoms with van der Waals surface area (Å²) in [5.74, 6) is 1.54. The number of rotatable bonds is 5. The molecule has 0 bridgehead atoms. The minimum Gasteiger partial charge on any atom is -0.372 e. The zero-order valence-corrected chi connectivity index (χ0v) is 16.1. The summed E-state index contributed by atoms with van der Waals surface area (Å²) in [6.45, 7) is 2.25. The van der Waals surface area contributed by atoms with E-state index in [1.807, 2.05) is 12.1 Å². The third-order valence-electron chi connectivity index (χ3n) is 5.08. The molecule has 2 aromatic rings. The van der Waals surface area contributed by atoms with Crippen molar-refractivity contribution >= 4 is 33.0 Å². The second-order valence-corrected chi connectivity index (χ2v) is 9.46. The maximum absolute atomic E-state index is 11.6. The molecule has 2 aliphatic rings. The highest BCUT2D eigenvalue weighted by Crippen LogP contribution is 2.23. The number of sulfone groups is 1. The number of hydrogen-bond acceptors (Lipinski definition) is 7. The summed E-state index contributed by atoms with van der Waals surface area (Å²) < 4.78 is 23.2. The van der Waals surface area contributed by atoms with Gasteiger partial charge in [-0.3, -0.25) is 0 Å². The van der Waals surface area contributed by atoms with Crippen LogP contribution >= 0.6 is 0 Å². The van der Waals surface area contributed by atoms with Gasteiger partial charge in [0.25, 0.3) is 0 Å². The minimum atomic E-state index is -2.91. The number of hydrogen-bond donors (Lipinski definition) is 2. The number of piperidine rings is 1. The molecule has 1 aromatic heterocycles. The third-order valence-corrected chi connectivity index (χ3v) is 6.85. The largest absolute Gasteiger partial charge is 0.372 e. The van der Waals surface area contributed by atoms with Gasteiger partial charge in [0.15, 0.2) is 9.84 Å². The van der Waals surface area contributed by atoms with E-state index in [0.29, 0.717) is 18.2 Å². The summed E-state index contributed by atoms with van der Waals surface area (Å²) in [4.78, 5) is 11.1. The lowest BCUT2D eigenvalue weighted by Crippen LogP contribution is -2.29. The normalized spacial score (nSPS) is 21.8. The topological polar surface area (TPSA) is 87.2 Å². The summed E-state index contributed by atoms with van der Waals surface area (Å²) in [7, 11) is -2.91. The molecular weight excluding hydrogens is 362 g/mol. The molecule has 1 aromatic carbocycles. The lowest BCUT2D eigenvalue weighted by molar-refractivity contribution is 0.578. The third kappa shape index (κ3) is 4.68. The van der Waals surface area contributed by atoms with Gasteiger partial charge in [-0.25, -0.2) is 13.4 Å². The molecule has 2 N–H and O–H groups in total. The average Bonchev–Trinajstić information content (AvgIpc) is 3.02. The summed E-state index contributed by atoms with van der Waals surface area (Å²) in [6.07, 6.45) is 6.13. The first-order valence-corrected chi connectivity index (χ1v) is 11.3. The summed E-state index contributed by atoms with van der Waals surface area (Å²) in [5.41, 5.74) is 2.18. The predicted octanol–water partition coefficient (Wildman–Crippen LogP) is 2.81. The van der Waals surface area contributed by atoms with Crippen LogP contribution in [0.15, 0.2) is 36.5 Å². The van der Waals surface area contributed by atoms with Crippen molar-refractivity contribution < 1.29 is 8.42 Å². The molecule has 0 spiro atoms. The quantitative estimate of drug-likeness (QED) is 0.816. The predicted molar refractivity (Wildman–Crippen MR) is 109 cm³/mol. The summed E-state index contributed by atoms with van der Waals surface area (Å²) in [5, 5.41) is 6.41. The second-order valence-electron chi connectivity index (χ2n) is 7.23. The van der Waals surface area contributed by atoms with Crippen molar-refractivity contribution in [1.29, 1.82) is 0 Å². The van der Waals surface area contributed by atoms with Gasteiger partial charge in [0.05, 0.1) is 11.5 Å². The molecule has 144 valence electrons. The molecule has 0 aliphatic carbocycles. The van der Waals surface area contributed by atoms with Crippen molar-refractivity contribution in [3.63, 3.8) is 0 Å². The Morgan fingerprint density at radius 3 is 2.52 bits per heavy atom. The number of nitrogens with one attached hydrogen (secondary N) is 2. The van der Waals surface area contributed by atoms with Gasteiger partial charge in [0.2, 0.25) is 5.95 Å². The van der Waals surface area contributed by atoms with Gasteiger partial charge in [-0.1, -0.05) is 0 Å². The molecule has 0 radical (unpaired) electrons. The second kappa shape index (κ2) is 7.72. The van der Waals surface area contributed by atoms with E-state index in [1.165, 1.54) is 24.9 Å². The Bertz CT molecular complexity index is 879. The fourth-order valence-electron chi connectivity index (χ4n) is 3.65. The molecule has 7 nitrogen and oxygen atoms in total. The highest BCUT2D eigenvalue weighted by molar-refractivity contribution is 7.91. The Hall–Kier alpha value is -2.35. The standard InChI is InChI=1S/C19H25N5O2S/c25-27(26)13-9-16(14-27)21-18-8-10-20-19(23-18)22-15-4-6-17(7-5-15)24-11-2-1-3-12-24/h4-8,10,16H,1-3,9,11-14H2,(H2,20,21,22,23). The summed E-state index contributed by atoms with van der Waals surface area (Å²) >= 11 is 0. The van der Waals surface area contributed by atoms with Gasteiger partial charge in [-0.15, -0.1) is 0 Å². The summed E-state index contributed by atoms with van der Waals surface area (Å²) in [6, 6.07) is 10.0. The van der Waals surface area contributed by atoms with E-state index < -0.39 is 9.84 Å². The van der Waals surface area contributed by atoms with Crippen LogP contribution in [0.3, 0.4) is 0 Å². The highest BCUT2D eigenvalue weighted by atomic mass is 32.2. The number of aromatic nitrogens is 2. The van der Waals surface area contributed by atoms with Crippen LogP contribution < -0.4 is 15.5 Å². The molecule has 1 unspecified atom stereocenters. The zero-order chi connectivity index (χ0) is 18.7. The maximum Gasteiger partial charge on any atom is 0.229 e. The van der Waals surface area contributed by atoms with Crippen LogP contribution in [-0.4, -0.2) is 49.0 Å². The van der Waals surface area contributed by atoms with Crippen molar-refractivity contribution in [1.82, 2.24) is 9.97 Å². The maximum atomic E-state index is 11.6. The van der Waals surface area contributed by atoms with Gasteiger partial charge >= 0.3 is 0 Å². The highest BCUT2D eigenvalue weighted by Gasteiger charge is 2.27. The molecule has 0 amide bonds. The molecule has 2 saturated heterocycles. The Kier molecular flexibility index (Phi) is 5.15. The van der Waals surface area contributed by atoms with E-state index in [1.54, 1.807) is 12.3 Å². The lowest BCUT2D eigenvalue weighted by atomic mass is 10.1. The van der Waals surface area contributed by atoms with Gasteiger partial charge in [0.1, 0.15) is 5.82 Å². The molecule has 1 atom stereocenters. The van der Waals surface area contributed by atoms with Crippen molar-refractivity contribution in [2.45, 2.75) is 31.7 Å². The van der Waals surface area contributed by atoms with E-state index >= 15 is 0 Å². The SMILES string of the molecule is O=S1(=O)CCC(Nc2ccnc(Nc3ccc(N4CCCCC4)cc3)n2)C1. The van der Waals surface area contributed by atoms with E-state index in [-0.39, 0.29) is 17.5 Å². The molecule has 2 fully saturated rings. The molecule has 4 rings (SSSR count). The minimum absolute atomic E-state index is 0.0819. The molecule has 8 heteroatoms. The first-order chi connectivity index (χ1) is 13.1. The number of anilines is 4. The number of benzene rings is 1. The number of nitrogens with zero attached hydrogens (tertiary/aromatic N) is 3. The Balaban J connectivity index is 1.39. The molecule has 2 aliphatic heterocycles.